The number of hydrogen-bond acceptors (Lipinski definition) is 6. The van der Waals surface area contributed by atoms with Gasteiger partial charge in [-0.1, -0.05) is 0 Å². The molecule has 1 aliphatic rings. The average molecular weight is 355 g/mol. The highest BCUT2D eigenvalue weighted by atomic mass is 19.1. The van der Waals surface area contributed by atoms with Gasteiger partial charge in [0, 0.05) is 25.2 Å². The van der Waals surface area contributed by atoms with Crippen molar-refractivity contribution in [3.8, 4) is 6.07 Å². The highest BCUT2D eigenvalue weighted by Crippen LogP contribution is 2.26. The van der Waals surface area contributed by atoms with Crippen LogP contribution in [0, 0.1) is 34.2 Å². The van der Waals surface area contributed by atoms with Gasteiger partial charge in [0.2, 0.25) is 0 Å². The fourth-order valence-electron chi connectivity index (χ4n) is 3.15. The Hall–Kier alpha value is -3.21. The van der Waals surface area contributed by atoms with Crippen LogP contribution in [0.15, 0.2) is 30.5 Å². The molecule has 1 N–H and O–H groups in total. The van der Waals surface area contributed by atoms with Crippen molar-refractivity contribution in [1.82, 2.24) is 4.98 Å². The molecule has 26 heavy (non-hydrogen) atoms. The molecule has 1 fully saturated rings. The summed E-state index contributed by atoms with van der Waals surface area (Å²) >= 11 is 0. The van der Waals surface area contributed by atoms with Crippen molar-refractivity contribution in [2.45, 2.75) is 25.8 Å². The first-order valence-electron chi connectivity index (χ1n) is 8.30. The van der Waals surface area contributed by atoms with Crippen molar-refractivity contribution >= 4 is 17.2 Å². The Labute approximate surface area is 150 Å². The lowest BCUT2D eigenvalue weighted by Gasteiger charge is -2.35. The van der Waals surface area contributed by atoms with Crippen molar-refractivity contribution in [1.29, 1.82) is 5.26 Å². The summed E-state index contributed by atoms with van der Waals surface area (Å²) in [5, 5.41) is 23.0. The van der Waals surface area contributed by atoms with Crippen LogP contribution >= 0.6 is 0 Å². The number of anilines is 2. The van der Waals surface area contributed by atoms with E-state index in [0.717, 1.165) is 19.4 Å². The Morgan fingerprint density at radius 2 is 2.27 bits per heavy atom. The van der Waals surface area contributed by atoms with E-state index in [2.05, 4.69) is 10.3 Å². The summed E-state index contributed by atoms with van der Waals surface area (Å²) in [6.45, 7) is 3.08. The van der Waals surface area contributed by atoms with Crippen LogP contribution in [-0.2, 0) is 0 Å². The summed E-state index contributed by atoms with van der Waals surface area (Å²) in [5.41, 5.74) is 1.42. The van der Waals surface area contributed by atoms with Crippen LogP contribution in [0.1, 0.15) is 24.0 Å². The number of nitriles is 1. The predicted octanol–water partition coefficient (Wildman–Crippen LogP) is 3.39. The van der Waals surface area contributed by atoms with Gasteiger partial charge in [-0.3, -0.25) is 10.1 Å². The summed E-state index contributed by atoms with van der Waals surface area (Å²) in [5.74, 6) is 0.192. The minimum absolute atomic E-state index is 0.0435. The van der Waals surface area contributed by atoms with E-state index in [9.17, 15) is 14.5 Å². The smallest absolute Gasteiger partial charge is 0.287 e. The zero-order valence-corrected chi connectivity index (χ0v) is 14.3. The van der Waals surface area contributed by atoms with Gasteiger partial charge in [-0.05, 0) is 43.5 Å². The molecule has 3 rings (SSSR count). The molecule has 7 nitrogen and oxygen atoms in total. The number of halogens is 1. The van der Waals surface area contributed by atoms with E-state index in [0.29, 0.717) is 29.2 Å². The van der Waals surface area contributed by atoms with Crippen LogP contribution in [-0.4, -0.2) is 29.0 Å². The van der Waals surface area contributed by atoms with E-state index in [1.807, 2.05) is 11.0 Å². The second-order valence-electron chi connectivity index (χ2n) is 6.32. The summed E-state index contributed by atoms with van der Waals surface area (Å²) in [6.07, 6.45) is 3.01. The molecule has 1 atom stereocenters. The molecule has 0 amide bonds. The summed E-state index contributed by atoms with van der Waals surface area (Å²) in [4.78, 5) is 16.4. The van der Waals surface area contributed by atoms with Gasteiger partial charge < -0.3 is 10.2 Å². The number of nitrogens with zero attached hydrogens (tertiary/aromatic N) is 4. The van der Waals surface area contributed by atoms with Crippen molar-refractivity contribution in [3.05, 3.63) is 57.5 Å². The maximum atomic E-state index is 14.3. The highest BCUT2D eigenvalue weighted by molar-refractivity contribution is 5.53. The molecular weight excluding hydrogens is 337 g/mol. The quantitative estimate of drug-likeness (QED) is 0.667. The molecule has 134 valence electrons. The van der Waals surface area contributed by atoms with E-state index in [-0.39, 0.29) is 11.7 Å². The van der Waals surface area contributed by atoms with Crippen LogP contribution in [0.2, 0.25) is 0 Å². The van der Waals surface area contributed by atoms with Gasteiger partial charge >= 0.3 is 0 Å². The molecular formula is C18H18FN5O2. The Morgan fingerprint density at radius 3 is 2.92 bits per heavy atom. The topological polar surface area (TPSA) is 95.1 Å². The molecule has 8 heteroatoms. The Bertz CT molecular complexity index is 880. The Balaban J connectivity index is 1.73. The van der Waals surface area contributed by atoms with Crippen LogP contribution in [0.3, 0.4) is 0 Å². The fraction of sp³-hybridized carbons (Fsp3) is 0.333. The number of piperidine rings is 1. The zero-order chi connectivity index (χ0) is 18.7. The second kappa shape index (κ2) is 7.35. The van der Waals surface area contributed by atoms with Crippen LogP contribution < -0.4 is 10.2 Å². The van der Waals surface area contributed by atoms with E-state index < -0.39 is 10.7 Å². The van der Waals surface area contributed by atoms with E-state index >= 15 is 0 Å². The molecule has 1 unspecified atom stereocenters. The van der Waals surface area contributed by atoms with Crippen LogP contribution in [0.4, 0.5) is 21.6 Å². The zero-order valence-electron chi connectivity index (χ0n) is 14.3. The van der Waals surface area contributed by atoms with Gasteiger partial charge in [-0.25, -0.2) is 9.37 Å². The molecule has 2 aromatic rings. The summed E-state index contributed by atoms with van der Waals surface area (Å²) < 4.78 is 14.3. The Morgan fingerprint density at radius 1 is 1.46 bits per heavy atom. The lowest BCUT2D eigenvalue weighted by molar-refractivity contribution is -0.385. The van der Waals surface area contributed by atoms with Crippen molar-refractivity contribution in [2.24, 2.45) is 0 Å². The lowest BCUT2D eigenvalue weighted by Crippen LogP contribution is -2.42. The fourth-order valence-corrected chi connectivity index (χ4v) is 3.15. The minimum atomic E-state index is -0.472. The molecule has 1 aromatic heterocycles. The maximum absolute atomic E-state index is 14.3. The van der Waals surface area contributed by atoms with Gasteiger partial charge in [-0.15, -0.1) is 0 Å². The maximum Gasteiger partial charge on any atom is 0.287 e. The van der Waals surface area contributed by atoms with Gasteiger partial charge in [0.05, 0.1) is 22.2 Å². The first-order valence-corrected chi connectivity index (χ1v) is 8.30. The summed E-state index contributed by atoms with van der Waals surface area (Å²) in [6, 6.07) is 7.94. The van der Waals surface area contributed by atoms with Crippen molar-refractivity contribution in [2.75, 3.05) is 23.3 Å². The number of pyridine rings is 1. The van der Waals surface area contributed by atoms with Crippen LogP contribution in [0.5, 0.6) is 0 Å². The highest BCUT2D eigenvalue weighted by Gasteiger charge is 2.23. The second-order valence-corrected chi connectivity index (χ2v) is 6.32. The molecule has 0 saturated carbocycles. The normalized spacial score (nSPS) is 16.8. The number of nitrogens with one attached hydrogen (secondary N) is 1. The number of benzene rings is 1. The van der Waals surface area contributed by atoms with E-state index in [4.69, 9.17) is 5.26 Å². The average Bonchev–Trinajstić information content (AvgIpc) is 2.63. The number of hydrogen-bond donors (Lipinski definition) is 1. The standard InChI is InChI=1S/C18H18FN5O2/c1-12-7-15(24(25)26)10-21-18(12)22-14-3-2-6-23(11-14)17-5-4-13(9-20)8-16(17)19/h4-5,7-8,10,14H,2-3,6,11H2,1H3,(H,21,22). The number of aromatic nitrogens is 1. The third kappa shape index (κ3) is 3.72. The largest absolute Gasteiger partial charge is 0.367 e. The molecule has 0 spiro atoms. The minimum Gasteiger partial charge on any atom is -0.367 e. The summed E-state index contributed by atoms with van der Waals surface area (Å²) in [7, 11) is 0. The van der Waals surface area contributed by atoms with E-state index in [1.165, 1.54) is 18.3 Å². The van der Waals surface area contributed by atoms with Gasteiger partial charge in [0.1, 0.15) is 17.8 Å². The first-order chi connectivity index (χ1) is 12.5. The number of aryl methyl sites for hydroxylation is 1. The lowest BCUT2D eigenvalue weighted by atomic mass is 10.0. The molecule has 2 heterocycles. The van der Waals surface area contributed by atoms with Gasteiger partial charge in [0.25, 0.3) is 5.69 Å². The molecule has 1 saturated heterocycles. The first kappa shape index (κ1) is 17.6. The van der Waals surface area contributed by atoms with E-state index in [1.54, 1.807) is 19.1 Å². The number of rotatable bonds is 4. The molecule has 0 radical (unpaired) electrons. The van der Waals surface area contributed by atoms with Gasteiger partial charge in [-0.2, -0.15) is 5.26 Å². The molecule has 0 bridgehead atoms. The third-order valence-electron chi connectivity index (χ3n) is 4.45. The third-order valence-corrected chi connectivity index (χ3v) is 4.45. The molecule has 0 aliphatic carbocycles. The van der Waals surface area contributed by atoms with Crippen molar-refractivity contribution < 1.29 is 9.31 Å². The SMILES string of the molecule is Cc1cc([N+](=O)[O-])cnc1NC1CCCN(c2ccc(C#N)cc2F)C1. The van der Waals surface area contributed by atoms with Crippen LogP contribution in [0.25, 0.3) is 0 Å². The monoisotopic (exact) mass is 355 g/mol. The molecule has 1 aliphatic heterocycles. The Kier molecular flexibility index (Phi) is 4.98. The number of nitro groups is 1. The predicted molar refractivity (Wildman–Crippen MR) is 95.6 cm³/mol. The van der Waals surface area contributed by atoms with Crippen molar-refractivity contribution in [3.63, 3.8) is 0 Å². The van der Waals surface area contributed by atoms with Gasteiger partial charge in [0.15, 0.2) is 0 Å². The molecule has 1 aromatic carbocycles.